The highest BCUT2D eigenvalue weighted by Gasteiger charge is 2.01. The molecule has 0 saturated carbocycles. The number of aromatic nitrogens is 2. The first-order valence-electron chi connectivity index (χ1n) is 3.69. The molecule has 0 bridgehead atoms. The molecule has 2 radical (unpaired) electrons. The molecule has 0 aliphatic heterocycles. The maximum Gasteiger partial charge on any atom is 0.315 e. The number of hydrogen-bond acceptors (Lipinski definition) is 2. The molecule has 0 spiro atoms. The van der Waals surface area contributed by atoms with Gasteiger partial charge in [0.15, 0.2) is 0 Å². The highest BCUT2D eigenvalue weighted by Crippen LogP contribution is 2.01. The third kappa shape index (κ3) is 1.09. The van der Waals surface area contributed by atoms with Crippen molar-refractivity contribution in [2.75, 3.05) is 0 Å². The van der Waals surface area contributed by atoms with E-state index in [-0.39, 0.29) is 0 Å². The average Bonchev–Trinajstić information content (AvgIpc) is 2.15. The van der Waals surface area contributed by atoms with Crippen LogP contribution in [0, 0.1) is 0 Å². The normalized spacial score (nSPS) is 10.5. The van der Waals surface area contributed by atoms with Gasteiger partial charge in [0.05, 0.1) is 10.9 Å². The van der Waals surface area contributed by atoms with E-state index in [2.05, 4.69) is 4.98 Å². The lowest BCUT2D eigenvalue weighted by molar-refractivity contribution is 1.00. The van der Waals surface area contributed by atoms with E-state index in [1.807, 2.05) is 0 Å². The minimum atomic E-state index is -0.608. The lowest BCUT2D eigenvalue weighted by atomic mass is 10.2. The second-order valence-electron chi connectivity index (χ2n) is 2.65. The molecule has 62 valence electrons. The molecule has 0 atom stereocenters. The van der Waals surface area contributed by atoms with Gasteiger partial charge in [0, 0.05) is 0 Å². The van der Waals surface area contributed by atoms with Crippen LogP contribution in [0.25, 0.3) is 10.9 Å². The molecule has 0 aliphatic carbocycles. The van der Waals surface area contributed by atoms with Crippen LogP contribution in [0.15, 0.2) is 33.9 Å². The number of nitrogens with zero attached hydrogens (tertiary/aromatic N) is 1. The van der Waals surface area contributed by atoms with Crippen LogP contribution in [0.2, 0.25) is 0 Å². The molecule has 0 saturated heterocycles. The molecular weight excluding hydrogens is 167 g/mol. The van der Waals surface area contributed by atoms with Crippen molar-refractivity contribution < 1.29 is 0 Å². The summed E-state index contributed by atoms with van der Waals surface area (Å²) in [6.07, 6.45) is 0. The molecule has 0 unspecified atom stereocenters. The minimum Gasteiger partial charge on any atom is -0.318 e. The van der Waals surface area contributed by atoms with E-state index in [0.717, 1.165) is 0 Å². The van der Waals surface area contributed by atoms with Gasteiger partial charge in [-0.3, -0.25) is 4.79 Å². The summed E-state index contributed by atoms with van der Waals surface area (Å²) in [6, 6.07) is 6.70. The summed E-state index contributed by atoms with van der Waals surface area (Å²) in [7, 11) is 5.21. The van der Waals surface area contributed by atoms with Crippen LogP contribution in [0.5, 0.6) is 0 Å². The van der Waals surface area contributed by atoms with Gasteiger partial charge in [-0.15, -0.1) is 0 Å². The fraction of sp³-hybridized carbons (Fsp3) is 0. The van der Waals surface area contributed by atoms with E-state index in [9.17, 15) is 9.59 Å². The van der Waals surface area contributed by atoms with E-state index >= 15 is 0 Å². The molecule has 1 N–H and O–H groups in total. The molecule has 4 nitrogen and oxygen atoms in total. The van der Waals surface area contributed by atoms with Gasteiger partial charge >= 0.3 is 5.69 Å². The zero-order valence-corrected chi connectivity index (χ0v) is 6.65. The predicted molar refractivity (Wildman–Crippen MR) is 50.0 cm³/mol. The SMILES string of the molecule is [B]n1c(=O)[nH]c2ccccc2c1=O. The maximum atomic E-state index is 11.4. The van der Waals surface area contributed by atoms with Gasteiger partial charge in [0.1, 0.15) is 0 Å². The monoisotopic (exact) mass is 172 g/mol. The third-order valence-corrected chi connectivity index (χ3v) is 1.84. The van der Waals surface area contributed by atoms with Crippen LogP contribution in [0.3, 0.4) is 0 Å². The number of para-hydroxylation sites is 1. The fourth-order valence-electron chi connectivity index (χ4n) is 1.18. The lowest BCUT2D eigenvalue weighted by Gasteiger charge is -1.99. The van der Waals surface area contributed by atoms with Crippen molar-refractivity contribution in [2.45, 2.75) is 0 Å². The standard InChI is InChI=1S/C8H5BN2O2/c9-11-7(12)5-3-1-2-4-6(5)10-8(11)13/h1-4H,(H,10,13). The molecule has 2 aromatic rings. The second-order valence-corrected chi connectivity index (χ2v) is 2.65. The molecule has 1 aromatic heterocycles. The zero-order valence-electron chi connectivity index (χ0n) is 6.65. The first kappa shape index (κ1) is 7.85. The number of benzene rings is 1. The molecule has 1 aromatic carbocycles. The van der Waals surface area contributed by atoms with Gasteiger partial charge in [-0.05, 0) is 12.1 Å². The smallest absolute Gasteiger partial charge is 0.315 e. The van der Waals surface area contributed by atoms with Gasteiger partial charge in [0.25, 0.3) is 5.56 Å². The van der Waals surface area contributed by atoms with Crippen LogP contribution in [0.1, 0.15) is 0 Å². The quantitative estimate of drug-likeness (QED) is 0.550. The summed E-state index contributed by atoms with van der Waals surface area (Å²) in [6.45, 7) is 0. The Morgan fingerprint density at radius 2 is 1.92 bits per heavy atom. The average molecular weight is 172 g/mol. The van der Waals surface area contributed by atoms with Crippen molar-refractivity contribution in [2.24, 2.45) is 0 Å². The van der Waals surface area contributed by atoms with Crippen molar-refractivity contribution in [1.82, 2.24) is 9.46 Å². The van der Waals surface area contributed by atoms with E-state index < -0.39 is 11.2 Å². The zero-order chi connectivity index (χ0) is 9.42. The summed E-state index contributed by atoms with van der Waals surface area (Å²) in [5.41, 5.74) is -0.595. The maximum absolute atomic E-state index is 11.4. The van der Waals surface area contributed by atoms with E-state index in [1.165, 1.54) is 0 Å². The number of rotatable bonds is 0. The molecular formula is C8H5BN2O2. The summed E-state index contributed by atoms with van der Waals surface area (Å²) in [5.74, 6) is 0. The van der Waals surface area contributed by atoms with Gasteiger partial charge < -0.3 is 9.46 Å². The van der Waals surface area contributed by atoms with Crippen molar-refractivity contribution in [3.63, 3.8) is 0 Å². The van der Waals surface area contributed by atoms with Crippen molar-refractivity contribution in [3.8, 4) is 0 Å². The van der Waals surface area contributed by atoms with Gasteiger partial charge in [-0.1, -0.05) is 12.1 Å². The van der Waals surface area contributed by atoms with E-state index in [1.54, 1.807) is 24.3 Å². The molecule has 2 rings (SSSR count). The Balaban J connectivity index is 3.12. The molecule has 0 aliphatic rings. The topological polar surface area (TPSA) is 54.9 Å². The van der Waals surface area contributed by atoms with E-state index in [0.29, 0.717) is 15.4 Å². The molecule has 0 fully saturated rings. The fourth-order valence-corrected chi connectivity index (χ4v) is 1.18. The highest BCUT2D eigenvalue weighted by atomic mass is 16.2. The Kier molecular flexibility index (Phi) is 1.58. The largest absolute Gasteiger partial charge is 0.318 e. The molecule has 13 heavy (non-hydrogen) atoms. The third-order valence-electron chi connectivity index (χ3n) is 1.84. The number of hydrogen-bond donors (Lipinski definition) is 1. The van der Waals surface area contributed by atoms with E-state index in [4.69, 9.17) is 7.98 Å². The van der Waals surface area contributed by atoms with Crippen LogP contribution in [0.4, 0.5) is 0 Å². The highest BCUT2D eigenvalue weighted by molar-refractivity contribution is 6.06. The number of aromatic amines is 1. The lowest BCUT2D eigenvalue weighted by Crippen LogP contribution is -2.33. The number of nitrogens with one attached hydrogen (secondary N) is 1. The van der Waals surface area contributed by atoms with Gasteiger partial charge in [-0.2, -0.15) is 0 Å². The van der Waals surface area contributed by atoms with Gasteiger partial charge in [-0.25, -0.2) is 4.79 Å². The van der Waals surface area contributed by atoms with Crippen LogP contribution < -0.4 is 11.2 Å². The van der Waals surface area contributed by atoms with Crippen LogP contribution in [-0.2, 0) is 0 Å². The van der Waals surface area contributed by atoms with Crippen LogP contribution >= 0.6 is 0 Å². The van der Waals surface area contributed by atoms with Gasteiger partial charge in [0.2, 0.25) is 7.98 Å². The molecule has 0 amide bonds. The van der Waals surface area contributed by atoms with Crippen molar-refractivity contribution in [3.05, 3.63) is 45.1 Å². The molecule has 1 heterocycles. The first-order chi connectivity index (χ1) is 6.20. The summed E-state index contributed by atoms with van der Waals surface area (Å²) < 4.78 is 0.558. The van der Waals surface area contributed by atoms with Crippen molar-refractivity contribution in [1.29, 1.82) is 0 Å². The molecule has 5 heteroatoms. The summed E-state index contributed by atoms with van der Waals surface area (Å²) >= 11 is 0. The first-order valence-corrected chi connectivity index (χ1v) is 3.69. The minimum absolute atomic E-state index is 0.407. The summed E-state index contributed by atoms with van der Waals surface area (Å²) in [4.78, 5) is 24.9. The number of H-pyrrole nitrogens is 1. The van der Waals surface area contributed by atoms with Crippen molar-refractivity contribution >= 4 is 18.9 Å². The predicted octanol–water partition coefficient (Wildman–Crippen LogP) is -0.379. The Hall–Kier alpha value is -1.78. The Morgan fingerprint density at radius 1 is 1.23 bits per heavy atom. The Bertz CT molecular complexity index is 570. The Morgan fingerprint density at radius 3 is 2.69 bits per heavy atom. The summed E-state index contributed by atoms with van der Waals surface area (Å²) in [5, 5.41) is 0.407. The van der Waals surface area contributed by atoms with Crippen LogP contribution in [-0.4, -0.2) is 17.4 Å². The number of fused-ring (bicyclic) bond motifs is 1. The second kappa shape index (κ2) is 2.62. The Labute approximate surface area is 74.3 Å².